The van der Waals surface area contributed by atoms with Crippen LogP contribution in [0.4, 0.5) is 9.59 Å². The van der Waals surface area contributed by atoms with Crippen LogP contribution in [0, 0.1) is 0 Å². The van der Waals surface area contributed by atoms with E-state index in [0.29, 0.717) is 15.8 Å². The van der Waals surface area contributed by atoms with Gasteiger partial charge >= 0.3 is 12.2 Å². The molecule has 1 saturated heterocycles. The minimum absolute atomic E-state index is 0.0907. The van der Waals surface area contributed by atoms with Gasteiger partial charge in [-0.3, -0.25) is 4.90 Å². The number of halogens is 1. The molecule has 0 bridgehead atoms. The number of hydrogen-bond donors (Lipinski definition) is 2. The van der Waals surface area contributed by atoms with Crippen molar-refractivity contribution < 1.29 is 24.5 Å². The summed E-state index contributed by atoms with van der Waals surface area (Å²) in [5, 5.41) is 18.4. The number of ether oxygens (including phenoxy) is 1. The molecule has 2 amide bonds. The molecule has 0 saturated carbocycles. The van der Waals surface area contributed by atoms with E-state index in [0.717, 1.165) is 0 Å². The molecule has 21 heavy (non-hydrogen) atoms. The van der Waals surface area contributed by atoms with Gasteiger partial charge in [0.25, 0.3) is 0 Å². The third-order valence-electron chi connectivity index (χ3n) is 3.46. The number of amides is 2. The number of carboxylic acid groups (broad SMARTS) is 2. The fourth-order valence-corrected chi connectivity index (χ4v) is 2.87. The van der Waals surface area contributed by atoms with Crippen LogP contribution >= 0.6 is 15.9 Å². The van der Waals surface area contributed by atoms with Crippen molar-refractivity contribution in [2.45, 2.75) is 6.04 Å². The van der Waals surface area contributed by atoms with Gasteiger partial charge in [-0.25, -0.2) is 9.59 Å². The van der Waals surface area contributed by atoms with Crippen LogP contribution in [0.25, 0.3) is 0 Å². The lowest BCUT2D eigenvalue weighted by atomic mass is 10.0. The zero-order valence-corrected chi connectivity index (χ0v) is 12.9. The monoisotopic (exact) mass is 358 g/mol. The minimum atomic E-state index is -1.07. The van der Waals surface area contributed by atoms with Crippen molar-refractivity contribution in [2.75, 3.05) is 26.7 Å². The van der Waals surface area contributed by atoms with Crippen LogP contribution < -0.4 is 4.74 Å². The Morgan fingerprint density at radius 3 is 2.57 bits per heavy atom. The third-order valence-corrected chi connectivity index (χ3v) is 4.18. The number of hydrogen-bond acceptors (Lipinski definition) is 3. The molecule has 1 aliphatic rings. The molecular formula is C13H15BrN2O5. The Bertz CT molecular complexity index is 565. The van der Waals surface area contributed by atoms with Crippen LogP contribution in [0.3, 0.4) is 0 Å². The summed E-state index contributed by atoms with van der Waals surface area (Å²) in [5.74, 6) is 0.589. The molecule has 1 heterocycles. The zero-order chi connectivity index (χ0) is 15.6. The lowest BCUT2D eigenvalue weighted by Crippen LogP contribution is -2.51. The molecule has 1 atom stereocenters. The Kier molecular flexibility index (Phi) is 4.56. The summed E-state index contributed by atoms with van der Waals surface area (Å²) in [6, 6.07) is 4.65. The van der Waals surface area contributed by atoms with E-state index < -0.39 is 18.2 Å². The van der Waals surface area contributed by atoms with Gasteiger partial charge in [-0.1, -0.05) is 15.9 Å². The lowest BCUT2D eigenvalue weighted by molar-refractivity contribution is 0.0633. The first-order chi connectivity index (χ1) is 9.93. The molecule has 1 aromatic carbocycles. The maximum Gasteiger partial charge on any atom is 0.407 e. The van der Waals surface area contributed by atoms with E-state index >= 15 is 0 Å². The molecule has 1 aliphatic heterocycles. The van der Waals surface area contributed by atoms with Crippen molar-refractivity contribution in [2.24, 2.45) is 0 Å². The Morgan fingerprint density at radius 2 is 2.00 bits per heavy atom. The molecule has 7 nitrogen and oxygen atoms in total. The summed E-state index contributed by atoms with van der Waals surface area (Å²) in [7, 11) is 1.52. The molecule has 8 heteroatoms. The zero-order valence-electron chi connectivity index (χ0n) is 11.3. The SMILES string of the molecule is COc1ccc(Br)c(C2CN(C(=O)O)CCN2C(=O)O)c1. The quantitative estimate of drug-likeness (QED) is 0.847. The van der Waals surface area contributed by atoms with Gasteiger partial charge in [-0.15, -0.1) is 0 Å². The average Bonchev–Trinajstić information content (AvgIpc) is 2.47. The van der Waals surface area contributed by atoms with Crippen molar-refractivity contribution >= 4 is 28.1 Å². The Balaban J connectivity index is 2.39. The summed E-state index contributed by atoms with van der Waals surface area (Å²) in [4.78, 5) is 25.0. The van der Waals surface area contributed by atoms with E-state index in [9.17, 15) is 14.7 Å². The maximum absolute atomic E-state index is 11.4. The first-order valence-corrected chi connectivity index (χ1v) is 7.04. The van der Waals surface area contributed by atoms with Gasteiger partial charge in [0.1, 0.15) is 5.75 Å². The highest BCUT2D eigenvalue weighted by Gasteiger charge is 2.34. The van der Waals surface area contributed by atoms with Gasteiger partial charge < -0.3 is 19.8 Å². The summed E-state index contributed by atoms with van der Waals surface area (Å²) >= 11 is 3.39. The highest BCUT2D eigenvalue weighted by Crippen LogP contribution is 2.33. The van der Waals surface area contributed by atoms with Crippen LogP contribution in [-0.4, -0.2) is 58.9 Å². The molecule has 1 fully saturated rings. The number of nitrogens with zero attached hydrogens (tertiary/aromatic N) is 2. The second kappa shape index (κ2) is 6.21. The standard InChI is InChI=1S/C13H15BrN2O5/c1-21-8-2-3-10(14)9(6-8)11-7-15(12(17)18)4-5-16(11)13(19)20/h2-3,6,11H,4-5,7H2,1H3,(H,17,18)(H,19,20). The van der Waals surface area contributed by atoms with Gasteiger partial charge in [0, 0.05) is 24.1 Å². The van der Waals surface area contributed by atoms with E-state index in [-0.39, 0.29) is 19.6 Å². The molecule has 1 unspecified atom stereocenters. The van der Waals surface area contributed by atoms with Gasteiger partial charge in [0.15, 0.2) is 0 Å². The largest absolute Gasteiger partial charge is 0.497 e. The van der Waals surface area contributed by atoms with Crippen LogP contribution in [0.2, 0.25) is 0 Å². The first kappa shape index (κ1) is 15.4. The summed E-state index contributed by atoms with van der Waals surface area (Å²) in [6.07, 6.45) is -2.12. The van der Waals surface area contributed by atoms with Gasteiger partial charge in [-0.05, 0) is 23.8 Å². The second-order valence-corrected chi connectivity index (χ2v) is 5.46. The van der Waals surface area contributed by atoms with Crippen LogP contribution in [0.1, 0.15) is 11.6 Å². The predicted octanol–water partition coefficient (Wildman–Crippen LogP) is 2.47. The summed E-state index contributed by atoms with van der Waals surface area (Å²) in [5.41, 5.74) is 0.683. The molecule has 2 N–H and O–H groups in total. The van der Waals surface area contributed by atoms with Crippen molar-refractivity contribution in [1.82, 2.24) is 9.80 Å². The smallest absolute Gasteiger partial charge is 0.407 e. The van der Waals surface area contributed by atoms with Gasteiger partial charge in [0.2, 0.25) is 0 Å². The van der Waals surface area contributed by atoms with Crippen molar-refractivity contribution in [3.05, 3.63) is 28.2 Å². The first-order valence-electron chi connectivity index (χ1n) is 6.25. The number of benzene rings is 1. The molecule has 0 radical (unpaired) electrons. The van der Waals surface area contributed by atoms with Crippen LogP contribution in [0.15, 0.2) is 22.7 Å². The highest BCUT2D eigenvalue weighted by atomic mass is 79.9. The minimum Gasteiger partial charge on any atom is -0.497 e. The Labute approximate surface area is 129 Å². The fraction of sp³-hybridized carbons (Fsp3) is 0.385. The molecule has 0 aliphatic carbocycles. The normalized spacial score (nSPS) is 18.5. The number of methoxy groups -OCH3 is 1. The van der Waals surface area contributed by atoms with Crippen molar-refractivity contribution in [3.8, 4) is 5.75 Å². The average molecular weight is 359 g/mol. The molecule has 0 spiro atoms. The van der Waals surface area contributed by atoms with Gasteiger partial charge in [0.05, 0.1) is 13.2 Å². The number of rotatable bonds is 2. The summed E-state index contributed by atoms with van der Waals surface area (Å²) < 4.78 is 5.87. The lowest BCUT2D eigenvalue weighted by Gasteiger charge is -2.39. The van der Waals surface area contributed by atoms with Crippen LogP contribution in [0.5, 0.6) is 5.75 Å². The topological polar surface area (TPSA) is 90.3 Å². The predicted molar refractivity (Wildman–Crippen MR) is 77.8 cm³/mol. The second-order valence-electron chi connectivity index (χ2n) is 4.61. The Morgan fingerprint density at radius 1 is 1.29 bits per heavy atom. The molecule has 114 valence electrons. The molecule has 1 aromatic rings. The van der Waals surface area contributed by atoms with E-state index in [4.69, 9.17) is 9.84 Å². The number of piperazine rings is 1. The molecular weight excluding hydrogens is 344 g/mol. The van der Waals surface area contributed by atoms with E-state index in [1.807, 2.05) is 0 Å². The Hall–Kier alpha value is -1.96. The maximum atomic E-state index is 11.4. The van der Waals surface area contributed by atoms with E-state index in [2.05, 4.69) is 15.9 Å². The molecule has 0 aromatic heterocycles. The highest BCUT2D eigenvalue weighted by molar-refractivity contribution is 9.10. The van der Waals surface area contributed by atoms with Gasteiger partial charge in [-0.2, -0.15) is 0 Å². The van der Waals surface area contributed by atoms with Crippen molar-refractivity contribution in [3.63, 3.8) is 0 Å². The van der Waals surface area contributed by atoms with Crippen LogP contribution in [-0.2, 0) is 0 Å². The fourth-order valence-electron chi connectivity index (χ4n) is 2.36. The van der Waals surface area contributed by atoms with Crippen molar-refractivity contribution in [1.29, 1.82) is 0 Å². The third kappa shape index (κ3) is 3.21. The number of carbonyl (C=O) groups is 2. The van der Waals surface area contributed by atoms with E-state index in [1.165, 1.54) is 16.9 Å². The summed E-state index contributed by atoms with van der Waals surface area (Å²) in [6.45, 7) is 0.392. The van der Waals surface area contributed by atoms with E-state index in [1.54, 1.807) is 18.2 Å². The molecule has 2 rings (SSSR count).